The predicted octanol–water partition coefficient (Wildman–Crippen LogP) is 2.78. The van der Waals surface area contributed by atoms with E-state index in [1.807, 2.05) is 13.8 Å². The van der Waals surface area contributed by atoms with Gasteiger partial charge in [-0.05, 0) is 39.3 Å². The van der Waals surface area contributed by atoms with E-state index in [2.05, 4.69) is 4.98 Å². The number of hydrogen-bond donors (Lipinski definition) is 3. The van der Waals surface area contributed by atoms with Gasteiger partial charge in [-0.25, -0.2) is 9.37 Å². The molecule has 1 amide bonds. The van der Waals surface area contributed by atoms with E-state index in [1.54, 1.807) is 19.9 Å². The second-order valence-corrected chi connectivity index (χ2v) is 6.20. The number of hydrogen-bond acceptors (Lipinski definition) is 4. The lowest BCUT2D eigenvalue weighted by molar-refractivity contribution is 0.100. The van der Waals surface area contributed by atoms with Crippen LogP contribution < -0.4 is 11.5 Å². The van der Waals surface area contributed by atoms with E-state index in [9.17, 15) is 14.3 Å². The molecule has 0 saturated carbocycles. The minimum Gasteiger partial charge on any atom is -0.507 e. The highest BCUT2D eigenvalue weighted by atomic mass is 19.1. The van der Waals surface area contributed by atoms with E-state index >= 15 is 0 Å². The first-order valence-electron chi connectivity index (χ1n) is 7.72. The molecule has 3 rings (SSSR count). The second-order valence-electron chi connectivity index (χ2n) is 6.20. The van der Waals surface area contributed by atoms with Crippen molar-refractivity contribution in [2.24, 2.45) is 5.73 Å². The van der Waals surface area contributed by atoms with Gasteiger partial charge in [0.15, 0.2) is 0 Å². The first-order valence-corrected chi connectivity index (χ1v) is 7.72. The number of benzene rings is 1. The van der Waals surface area contributed by atoms with Crippen LogP contribution in [-0.2, 0) is 0 Å². The van der Waals surface area contributed by atoms with Crippen molar-refractivity contribution in [3.8, 4) is 11.4 Å². The molecule has 0 spiro atoms. The molecule has 130 valence electrons. The van der Waals surface area contributed by atoms with Crippen LogP contribution in [0.25, 0.3) is 16.7 Å². The number of anilines is 1. The van der Waals surface area contributed by atoms with Gasteiger partial charge in [-0.3, -0.25) is 9.36 Å². The summed E-state index contributed by atoms with van der Waals surface area (Å²) in [5.74, 6) is -1.41. The quantitative estimate of drug-likeness (QED) is 0.665. The lowest BCUT2D eigenvalue weighted by Crippen LogP contribution is -2.14. The standard InChI is InChI=1S/C18H19FN4O2/c1-7-5-11-14(17(21)25)16(20)23(18(11)22-10(7)4)15-8(2)12(19)6-13(24)9(15)3/h5-6,24H,20H2,1-4H3,(H2,21,25). The molecule has 0 bridgehead atoms. The van der Waals surface area contributed by atoms with Crippen molar-refractivity contribution in [3.05, 3.63) is 45.9 Å². The van der Waals surface area contributed by atoms with Crippen LogP contribution in [0.4, 0.5) is 10.2 Å². The van der Waals surface area contributed by atoms with Crippen molar-refractivity contribution in [1.82, 2.24) is 9.55 Å². The fraction of sp³-hybridized carbons (Fsp3) is 0.222. The SMILES string of the molecule is Cc1cc2c(C(N)=O)c(N)n(-c3c(C)c(O)cc(F)c3C)c2nc1C. The number of nitrogens with zero attached hydrogens (tertiary/aromatic N) is 2. The summed E-state index contributed by atoms with van der Waals surface area (Å²) >= 11 is 0. The first kappa shape index (κ1) is 16.8. The monoisotopic (exact) mass is 342 g/mol. The number of aryl methyl sites for hydroxylation is 2. The van der Waals surface area contributed by atoms with Gasteiger partial charge in [0.2, 0.25) is 0 Å². The number of nitrogen functional groups attached to an aromatic ring is 1. The summed E-state index contributed by atoms with van der Waals surface area (Å²) in [7, 11) is 0. The van der Waals surface area contributed by atoms with E-state index in [0.29, 0.717) is 22.3 Å². The molecule has 0 unspecified atom stereocenters. The number of phenols is 1. The first-order chi connectivity index (χ1) is 11.6. The molecule has 2 heterocycles. The molecule has 3 aromatic rings. The number of aromatic nitrogens is 2. The van der Waals surface area contributed by atoms with Crippen molar-refractivity contribution >= 4 is 22.8 Å². The van der Waals surface area contributed by atoms with Crippen LogP contribution in [0.5, 0.6) is 5.75 Å². The molecular weight excluding hydrogens is 323 g/mol. The molecule has 0 fully saturated rings. The van der Waals surface area contributed by atoms with E-state index in [4.69, 9.17) is 11.5 Å². The zero-order valence-electron chi connectivity index (χ0n) is 14.4. The summed E-state index contributed by atoms with van der Waals surface area (Å²) in [6.45, 7) is 6.92. The molecular formula is C18H19FN4O2. The van der Waals surface area contributed by atoms with Crippen LogP contribution in [0.15, 0.2) is 12.1 Å². The fourth-order valence-electron chi connectivity index (χ4n) is 3.08. The highest BCUT2D eigenvalue weighted by Crippen LogP contribution is 2.37. The molecule has 1 aromatic carbocycles. The topological polar surface area (TPSA) is 107 Å². The Balaban J connectivity index is 2.57. The molecule has 5 N–H and O–H groups in total. The van der Waals surface area contributed by atoms with Crippen molar-refractivity contribution in [1.29, 1.82) is 0 Å². The number of phenolic OH excluding ortho intramolecular Hbond substituents is 1. The summed E-state index contributed by atoms with van der Waals surface area (Å²) in [6.07, 6.45) is 0. The highest BCUT2D eigenvalue weighted by molar-refractivity contribution is 6.11. The fourth-order valence-corrected chi connectivity index (χ4v) is 3.08. The summed E-state index contributed by atoms with van der Waals surface area (Å²) in [6, 6.07) is 2.84. The maximum absolute atomic E-state index is 14.2. The van der Waals surface area contributed by atoms with Crippen molar-refractivity contribution < 1.29 is 14.3 Å². The van der Waals surface area contributed by atoms with Gasteiger partial charge in [-0.2, -0.15) is 0 Å². The molecule has 0 aliphatic rings. The smallest absolute Gasteiger partial charge is 0.253 e. The molecule has 0 aliphatic heterocycles. The number of halogens is 1. The predicted molar refractivity (Wildman–Crippen MR) is 94.6 cm³/mol. The van der Waals surface area contributed by atoms with Gasteiger partial charge in [0, 0.05) is 28.3 Å². The molecule has 0 aliphatic carbocycles. The molecule has 0 saturated heterocycles. The van der Waals surface area contributed by atoms with Gasteiger partial charge >= 0.3 is 0 Å². The Kier molecular flexibility index (Phi) is 3.67. The third-order valence-corrected chi connectivity index (χ3v) is 4.61. The zero-order chi connectivity index (χ0) is 18.6. The van der Waals surface area contributed by atoms with Gasteiger partial charge in [-0.15, -0.1) is 0 Å². The van der Waals surface area contributed by atoms with Crippen LogP contribution in [0, 0.1) is 33.5 Å². The minimum atomic E-state index is -0.692. The van der Waals surface area contributed by atoms with Crippen LogP contribution in [-0.4, -0.2) is 20.6 Å². The summed E-state index contributed by atoms with van der Waals surface area (Å²) < 4.78 is 15.7. The third-order valence-electron chi connectivity index (χ3n) is 4.61. The normalized spacial score (nSPS) is 11.2. The number of primary amides is 1. The second kappa shape index (κ2) is 5.47. The molecule has 2 aromatic heterocycles. The van der Waals surface area contributed by atoms with E-state index in [-0.39, 0.29) is 22.7 Å². The van der Waals surface area contributed by atoms with E-state index in [0.717, 1.165) is 17.3 Å². The average molecular weight is 342 g/mol. The Hall–Kier alpha value is -3.09. The van der Waals surface area contributed by atoms with Crippen LogP contribution in [0.3, 0.4) is 0 Å². The molecule has 7 heteroatoms. The number of carbonyl (C=O) groups is 1. The zero-order valence-corrected chi connectivity index (χ0v) is 14.4. The number of rotatable bonds is 2. The number of carbonyl (C=O) groups excluding carboxylic acids is 1. The van der Waals surface area contributed by atoms with E-state index < -0.39 is 11.7 Å². The Morgan fingerprint density at radius 1 is 1.20 bits per heavy atom. The lowest BCUT2D eigenvalue weighted by Gasteiger charge is -2.16. The largest absolute Gasteiger partial charge is 0.507 e. The Morgan fingerprint density at radius 2 is 1.84 bits per heavy atom. The Labute approximate surface area is 143 Å². The Bertz CT molecular complexity index is 1030. The lowest BCUT2D eigenvalue weighted by atomic mass is 10.1. The van der Waals surface area contributed by atoms with Crippen LogP contribution in [0.2, 0.25) is 0 Å². The van der Waals surface area contributed by atoms with Crippen LogP contribution in [0.1, 0.15) is 32.7 Å². The Morgan fingerprint density at radius 3 is 2.44 bits per heavy atom. The van der Waals surface area contributed by atoms with E-state index in [1.165, 1.54) is 4.57 Å². The minimum absolute atomic E-state index is 0.0659. The number of amides is 1. The van der Waals surface area contributed by atoms with Crippen molar-refractivity contribution in [2.75, 3.05) is 5.73 Å². The van der Waals surface area contributed by atoms with Crippen molar-refractivity contribution in [2.45, 2.75) is 27.7 Å². The molecule has 0 atom stereocenters. The highest BCUT2D eigenvalue weighted by Gasteiger charge is 2.25. The number of pyridine rings is 1. The maximum atomic E-state index is 14.2. The third kappa shape index (κ3) is 2.31. The molecule has 6 nitrogen and oxygen atoms in total. The average Bonchev–Trinajstić information content (AvgIpc) is 2.78. The number of fused-ring (bicyclic) bond motifs is 1. The molecule has 0 radical (unpaired) electrons. The summed E-state index contributed by atoms with van der Waals surface area (Å²) in [4.78, 5) is 16.5. The van der Waals surface area contributed by atoms with Gasteiger partial charge in [0.25, 0.3) is 5.91 Å². The number of nitrogens with two attached hydrogens (primary N) is 2. The summed E-state index contributed by atoms with van der Waals surface area (Å²) in [5.41, 5.74) is 14.9. The van der Waals surface area contributed by atoms with Gasteiger partial charge in [-0.1, -0.05) is 0 Å². The number of aromatic hydroxyl groups is 1. The van der Waals surface area contributed by atoms with Gasteiger partial charge in [0.1, 0.15) is 23.0 Å². The maximum Gasteiger partial charge on any atom is 0.253 e. The van der Waals surface area contributed by atoms with Gasteiger partial charge in [0.05, 0.1) is 11.3 Å². The van der Waals surface area contributed by atoms with Crippen LogP contribution >= 0.6 is 0 Å². The molecule has 25 heavy (non-hydrogen) atoms. The summed E-state index contributed by atoms with van der Waals surface area (Å²) in [5, 5.41) is 10.5. The van der Waals surface area contributed by atoms with Crippen molar-refractivity contribution in [3.63, 3.8) is 0 Å². The van der Waals surface area contributed by atoms with Gasteiger partial charge < -0.3 is 16.6 Å².